The molecule has 1 atom stereocenters. The third-order valence-electron chi connectivity index (χ3n) is 6.05. The molecule has 0 aromatic heterocycles. The predicted octanol–water partition coefficient (Wildman–Crippen LogP) is 3.20. The van der Waals surface area contributed by atoms with E-state index >= 15 is 0 Å². The van der Waals surface area contributed by atoms with E-state index in [4.69, 9.17) is 9.47 Å². The van der Waals surface area contributed by atoms with E-state index in [2.05, 4.69) is 46.5 Å². The monoisotopic (exact) mass is 402 g/mol. The fourth-order valence-electron chi connectivity index (χ4n) is 4.30. The molecule has 1 saturated heterocycles. The summed E-state index contributed by atoms with van der Waals surface area (Å²) in [6, 6.07) is 4.25. The summed E-state index contributed by atoms with van der Waals surface area (Å²) in [6.07, 6.45) is 5.01. The zero-order valence-electron chi connectivity index (χ0n) is 18.6. The molecule has 2 N–H and O–H groups in total. The molecule has 29 heavy (non-hydrogen) atoms. The maximum atomic E-state index is 5.93. The molecule has 162 valence electrons. The molecule has 1 aromatic carbocycles. The molecule has 0 bridgehead atoms. The molecule has 3 rings (SSSR count). The van der Waals surface area contributed by atoms with Gasteiger partial charge in [0, 0.05) is 37.7 Å². The van der Waals surface area contributed by atoms with Gasteiger partial charge in [0.15, 0.2) is 5.96 Å². The number of nitrogens with one attached hydrogen (secondary N) is 2. The van der Waals surface area contributed by atoms with Crippen molar-refractivity contribution in [2.45, 2.75) is 59.1 Å². The topological polar surface area (TPSA) is 58.1 Å². The van der Waals surface area contributed by atoms with Crippen LogP contribution in [0.25, 0.3) is 0 Å². The van der Waals surface area contributed by atoms with E-state index in [0.29, 0.717) is 13.2 Å². The Hall–Kier alpha value is -1.95. The van der Waals surface area contributed by atoms with Gasteiger partial charge in [0.1, 0.15) is 17.6 Å². The van der Waals surface area contributed by atoms with E-state index in [1.165, 1.54) is 44.5 Å². The average molecular weight is 403 g/mol. The van der Waals surface area contributed by atoms with Gasteiger partial charge in [-0.25, -0.2) is 0 Å². The van der Waals surface area contributed by atoms with Gasteiger partial charge in [-0.1, -0.05) is 6.92 Å². The summed E-state index contributed by atoms with van der Waals surface area (Å²) in [7, 11) is 1.83. The van der Waals surface area contributed by atoms with Crippen molar-refractivity contribution >= 4 is 5.96 Å². The first-order valence-corrected chi connectivity index (χ1v) is 11.2. The minimum absolute atomic E-state index is 0.237. The van der Waals surface area contributed by atoms with Crippen molar-refractivity contribution in [1.29, 1.82) is 0 Å². The summed E-state index contributed by atoms with van der Waals surface area (Å²) in [5, 5.41) is 6.91. The van der Waals surface area contributed by atoms with Gasteiger partial charge in [-0.3, -0.25) is 4.99 Å². The first-order chi connectivity index (χ1) is 14.1. The number of aliphatic imine (C=N–C) groups is 1. The zero-order chi connectivity index (χ0) is 20.6. The van der Waals surface area contributed by atoms with E-state index in [9.17, 15) is 0 Å². The lowest BCUT2D eigenvalue weighted by molar-refractivity contribution is 0.187. The van der Waals surface area contributed by atoms with Crippen LogP contribution < -0.4 is 20.1 Å². The third-order valence-corrected chi connectivity index (χ3v) is 6.05. The van der Waals surface area contributed by atoms with Crippen molar-refractivity contribution in [2.75, 3.05) is 39.8 Å². The lowest BCUT2D eigenvalue weighted by Gasteiger charge is -2.31. The highest BCUT2D eigenvalue weighted by molar-refractivity contribution is 5.79. The molecule has 2 aliphatic heterocycles. The van der Waals surface area contributed by atoms with Crippen LogP contribution in [0.1, 0.15) is 51.2 Å². The second-order valence-electron chi connectivity index (χ2n) is 8.15. The number of nitrogens with zero attached hydrogens (tertiary/aromatic N) is 2. The summed E-state index contributed by atoms with van der Waals surface area (Å²) < 4.78 is 11.8. The van der Waals surface area contributed by atoms with E-state index in [1.54, 1.807) is 0 Å². The summed E-state index contributed by atoms with van der Waals surface area (Å²) in [5.74, 6) is 3.59. The maximum Gasteiger partial charge on any atom is 0.191 e. The molecule has 0 aliphatic carbocycles. The Labute approximate surface area is 176 Å². The van der Waals surface area contributed by atoms with Crippen LogP contribution in [0.2, 0.25) is 0 Å². The SMILES string of the molecule is CCOc1cc2c(cc1CNC(=NC)NCCC1CCN(CC)CC1)OC(C)C2. The molecule has 0 amide bonds. The first-order valence-electron chi connectivity index (χ1n) is 11.2. The smallest absolute Gasteiger partial charge is 0.191 e. The molecule has 1 unspecified atom stereocenters. The Kier molecular flexibility index (Phi) is 8.04. The molecule has 2 heterocycles. The number of rotatable bonds is 8. The minimum Gasteiger partial charge on any atom is -0.494 e. The molecule has 0 saturated carbocycles. The average Bonchev–Trinajstić information content (AvgIpc) is 3.10. The van der Waals surface area contributed by atoms with Gasteiger partial charge in [-0.05, 0) is 70.8 Å². The molecular formula is C23H38N4O2. The van der Waals surface area contributed by atoms with Gasteiger partial charge in [0.25, 0.3) is 0 Å². The van der Waals surface area contributed by atoms with Crippen molar-refractivity contribution in [3.8, 4) is 11.5 Å². The van der Waals surface area contributed by atoms with E-state index < -0.39 is 0 Å². The van der Waals surface area contributed by atoms with E-state index in [-0.39, 0.29) is 6.10 Å². The van der Waals surface area contributed by atoms with Gasteiger partial charge < -0.3 is 25.0 Å². The lowest BCUT2D eigenvalue weighted by atomic mass is 9.93. The highest BCUT2D eigenvalue weighted by Crippen LogP contribution is 2.35. The number of ether oxygens (including phenoxy) is 2. The fourth-order valence-corrected chi connectivity index (χ4v) is 4.30. The molecule has 6 nitrogen and oxygen atoms in total. The van der Waals surface area contributed by atoms with Gasteiger partial charge in [0.05, 0.1) is 6.61 Å². The molecule has 1 fully saturated rings. The van der Waals surface area contributed by atoms with E-state index in [0.717, 1.165) is 41.9 Å². The number of fused-ring (bicyclic) bond motifs is 1. The number of guanidine groups is 1. The van der Waals surface area contributed by atoms with Crippen LogP contribution in [0.5, 0.6) is 11.5 Å². The highest BCUT2D eigenvalue weighted by atomic mass is 16.5. The van der Waals surface area contributed by atoms with E-state index in [1.807, 2.05) is 14.0 Å². The second-order valence-corrected chi connectivity index (χ2v) is 8.15. The largest absolute Gasteiger partial charge is 0.494 e. The molecule has 0 radical (unpaired) electrons. The molecule has 2 aliphatic rings. The van der Waals surface area contributed by atoms with Gasteiger partial charge in [-0.15, -0.1) is 0 Å². The highest BCUT2D eigenvalue weighted by Gasteiger charge is 2.22. The van der Waals surface area contributed by atoms with Crippen molar-refractivity contribution in [3.05, 3.63) is 23.3 Å². The van der Waals surface area contributed by atoms with Crippen LogP contribution in [0, 0.1) is 5.92 Å². The fraction of sp³-hybridized carbons (Fsp3) is 0.696. The Morgan fingerprint density at radius 2 is 2.03 bits per heavy atom. The zero-order valence-corrected chi connectivity index (χ0v) is 18.6. The number of benzene rings is 1. The quantitative estimate of drug-likeness (QED) is 0.517. The summed E-state index contributed by atoms with van der Waals surface area (Å²) >= 11 is 0. The summed E-state index contributed by atoms with van der Waals surface area (Å²) in [5.41, 5.74) is 2.34. The Morgan fingerprint density at radius 3 is 2.72 bits per heavy atom. The maximum absolute atomic E-state index is 5.93. The third kappa shape index (κ3) is 6.01. The summed E-state index contributed by atoms with van der Waals surface area (Å²) in [6.45, 7) is 12.3. The van der Waals surface area contributed by atoms with Gasteiger partial charge in [0.2, 0.25) is 0 Å². The van der Waals surface area contributed by atoms with Crippen molar-refractivity contribution in [2.24, 2.45) is 10.9 Å². The number of hydrogen-bond acceptors (Lipinski definition) is 4. The predicted molar refractivity (Wildman–Crippen MR) is 119 cm³/mol. The van der Waals surface area contributed by atoms with Crippen LogP contribution in [0.15, 0.2) is 17.1 Å². The number of likely N-dealkylation sites (tertiary alicyclic amines) is 1. The molecule has 1 aromatic rings. The minimum atomic E-state index is 0.237. The number of piperidine rings is 1. The van der Waals surface area contributed by atoms with Crippen molar-refractivity contribution in [1.82, 2.24) is 15.5 Å². The normalized spacial score (nSPS) is 20.3. The number of hydrogen-bond donors (Lipinski definition) is 2. The summed E-state index contributed by atoms with van der Waals surface area (Å²) in [4.78, 5) is 6.93. The lowest BCUT2D eigenvalue weighted by Crippen LogP contribution is -2.39. The second kappa shape index (κ2) is 10.7. The van der Waals surface area contributed by atoms with Gasteiger partial charge in [-0.2, -0.15) is 0 Å². The van der Waals surface area contributed by atoms with Crippen LogP contribution >= 0.6 is 0 Å². The van der Waals surface area contributed by atoms with Gasteiger partial charge >= 0.3 is 0 Å². The van der Waals surface area contributed by atoms with Crippen LogP contribution in [-0.4, -0.2) is 56.8 Å². The Bertz CT molecular complexity index is 684. The van der Waals surface area contributed by atoms with Crippen LogP contribution in [0.3, 0.4) is 0 Å². The molecule has 0 spiro atoms. The standard InChI is InChI=1S/C23H38N4O2/c1-5-27-11-8-18(9-12-27)7-10-25-23(24-4)26-16-20-15-22-19(13-17(3)29-22)14-21(20)28-6-2/h14-15,17-18H,5-13,16H2,1-4H3,(H2,24,25,26). The van der Waals surface area contributed by atoms with Crippen molar-refractivity contribution in [3.63, 3.8) is 0 Å². The van der Waals surface area contributed by atoms with Crippen LogP contribution in [-0.2, 0) is 13.0 Å². The van der Waals surface area contributed by atoms with Crippen LogP contribution in [0.4, 0.5) is 0 Å². The first kappa shape index (κ1) is 21.8. The Morgan fingerprint density at radius 1 is 1.24 bits per heavy atom. The Balaban J connectivity index is 1.48. The van der Waals surface area contributed by atoms with Crippen molar-refractivity contribution < 1.29 is 9.47 Å². The molecular weight excluding hydrogens is 364 g/mol. The molecule has 6 heteroatoms.